The van der Waals surface area contributed by atoms with Gasteiger partial charge in [-0.15, -0.1) is 0 Å². The van der Waals surface area contributed by atoms with Gasteiger partial charge in [-0.2, -0.15) is 30.9 Å². The minimum absolute atomic E-state index is 0.0716. The van der Waals surface area contributed by atoms with E-state index in [0.29, 0.717) is 18.9 Å². The average Bonchev–Trinajstić information content (AvgIpc) is 2.60. The van der Waals surface area contributed by atoms with E-state index >= 15 is 0 Å². The van der Waals surface area contributed by atoms with Crippen molar-refractivity contribution in [1.29, 1.82) is 0 Å². The SMILES string of the molecule is COC(=O)C(F)(F)F.O=C(O)C[n+]1ccc(-c2cncc(C(F)(F)F)n2)cc1. The Morgan fingerprint density at radius 1 is 1.11 bits per heavy atom. The molecule has 0 spiro atoms. The molecular formula is C15H12F6N3O4+. The fraction of sp³-hybridized carbons (Fsp3) is 0.267. The van der Waals surface area contributed by atoms with Crippen molar-refractivity contribution in [3.8, 4) is 11.3 Å². The number of esters is 1. The molecule has 0 aliphatic carbocycles. The maximum Gasteiger partial charge on any atom is 0.490 e. The van der Waals surface area contributed by atoms with Crippen LogP contribution in [0.15, 0.2) is 36.9 Å². The second kappa shape index (κ2) is 9.10. The van der Waals surface area contributed by atoms with Gasteiger partial charge in [0.2, 0.25) is 6.54 Å². The highest BCUT2D eigenvalue weighted by Crippen LogP contribution is 2.28. The van der Waals surface area contributed by atoms with E-state index in [1.54, 1.807) is 0 Å². The van der Waals surface area contributed by atoms with E-state index in [1.165, 1.54) is 35.3 Å². The second-order valence-corrected chi connectivity index (χ2v) is 4.93. The first-order chi connectivity index (χ1) is 12.8. The van der Waals surface area contributed by atoms with Crippen molar-refractivity contribution in [2.24, 2.45) is 0 Å². The molecule has 0 saturated carbocycles. The lowest BCUT2D eigenvalue weighted by atomic mass is 10.2. The number of aliphatic carboxylic acids is 1. The highest BCUT2D eigenvalue weighted by Gasteiger charge is 2.40. The molecule has 0 unspecified atom stereocenters. The van der Waals surface area contributed by atoms with Crippen LogP contribution in [0.25, 0.3) is 11.3 Å². The number of carbonyl (C=O) groups excluding carboxylic acids is 1. The Morgan fingerprint density at radius 3 is 2.07 bits per heavy atom. The molecule has 28 heavy (non-hydrogen) atoms. The van der Waals surface area contributed by atoms with E-state index in [4.69, 9.17) is 5.11 Å². The molecule has 2 rings (SSSR count). The number of carbonyl (C=O) groups is 2. The van der Waals surface area contributed by atoms with Crippen LogP contribution in [0.1, 0.15) is 5.69 Å². The van der Waals surface area contributed by atoms with Crippen LogP contribution in [0, 0.1) is 0 Å². The predicted molar refractivity (Wildman–Crippen MR) is 78.4 cm³/mol. The number of methoxy groups -OCH3 is 1. The van der Waals surface area contributed by atoms with E-state index in [1.807, 2.05) is 0 Å². The number of carboxylic acids is 1. The number of nitrogens with zero attached hydrogens (tertiary/aromatic N) is 3. The number of carboxylic acid groups (broad SMARTS) is 1. The normalized spacial score (nSPS) is 11.2. The third-order valence-corrected chi connectivity index (χ3v) is 2.85. The molecule has 0 saturated heterocycles. The predicted octanol–water partition coefficient (Wildman–Crippen LogP) is 2.26. The Balaban J connectivity index is 0.000000416. The minimum Gasteiger partial charge on any atom is -0.477 e. The summed E-state index contributed by atoms with van der Waals surface area (Å²) in [6, 6.07) is 2.96. The van der Waals surface area contributed by atoms with Gasteiger partial charge in [-0.05, 0) is 0 Å². The molecule has 1 N–H and O–H groups in total. The van der Waals surface area contributed by atoms with Gasteiger partial charge in [0, 0.05) is 17.7 Å². The topological polar surface area (TPSA) is 93.3 Å². The zero-order valence-corrected chi connectivity index (χ0v) is 14.0. The average molecular weight is 412 g/mol. The summed E-state index contributed by atoms with van der Waals surface area (Å²) >= 11 is 0. The maximum atomic E-state index is 12.5. The van der Waals surface area contributed by atoms with Gasteiger partial charge in [0.15, 0.2) is 18.1 Å². The van der Waals surface area contributed by atoms with Crippen molar-refractivity contribution in [1.82, 2.24) is 9.97 Å². The number of hydrogen-bond donors (Lipinski definition) is 1. The Kier molecular flexibility index (Phi) is 7.41. The lowest BCUT2D eigenvalue weighted by Gasteiger charge is -2.06. The van der Waals surface area contributed by atoms with Crippen LogP contribution >= 0.6 is 0 Å². The quantitative estimate of drug-likeness (QED) is 0.472. The number of halogens is 6. The van der Waals surface area contributed by atoms with Gasteiger partial charge < -0.3 is 9.84 Å². The van der Waals surface area contributed by atoms with Gasteiger partial charge in [0.1, 0.15) is 0 Å². The molecule has 13 heteroatoms. The molecule has 0 radical (unpaired) electrons. The summed E-state index contributed by atoms with van der Waals surface area (Å²) in [6.45, 7) is -0.228. The van der Waals surface area contributed by atoms with Crippen molar-refractivity contribution in [3.05, 3.63) is 42.6 Å². The first-order valence-corrected chi connectivity index (χ1v) is 7.10. The summed E-state index contributed by atoms with van der Waals surface area (Å²) in [7, 11) is 0.676. The zero-order valence-electron chi connectivity index (χ0n) is 14.0. The van der Waals surface area contributed by atoms with Crippen molar-refractivity contribution in [3.63, 3.8) is 0 Å². The first-order valence-electron chi connectivity index (χ1n) is 7.10. The molecule has 0 amide bonds. The van der Waals surface area contributed by atoms with Crippen LogP contribution < -0.4 is 4.57 Å². The molecule has 152 valence electrons. The number of alkyl halides is 6. The maximum absolute atomic E-state index is 12.5. The van der Waals surface area contributed by atoms with Gasteiger partial charge in [-0.25, -0.2) is 14.6 Å². The largest absolute Gasteiger partial charge is 0.490 e. The van der Waals surface area contributed by atoms with Crippen LogP contribution in [0.5, 0.6) is 0 Å². The van der Waals surface area contributed by atoms with E-state index in [2.05, 4.69) is 14.7 Å². The van der Waals surface area contributed by atoms with E-state index in [0.717, 1.165) is 0 Å². The van der Waals surface area contributed by atoms with Crippen molar-refractivity contribution < 1.29 is 50.3 Å². The van der Waals surface area contributed by atoms with Crippen molar-refractivity contribution in [2.45, 2.75) is 18.9 Å². The van der Waals surface area contributed by atoms with Gasteiger partial charge in [-0.1, -0.05) is 0 Å². The van der Waals surface area contributed by atoms with E-state index in [-0.39, 0.29) is 12.2 Å². The molecule has 2 aromatic heterocycles. The van der Waals surface area contributed by atoms with Crippen LogP contribution in [-0.2, 0) is 27.0 Å². The molecule has 2 aromatic rings. The lowest BCUT2D eigenvalue weighted by Crippen LogP contribution is -2.36. The van der Waals surface area contributed by atoms with Gasteiger partial charge in [-0.3, -0.25) is 4.98 Å². The van der Waals surface area contributed by atoms with Crippen molar-refractivity contribution in [2.75, 3.05) is 7.11 Å². The third kappa shape index (κ3) is 7.17. The Bertz CT molecular complexity index is 822. The summed E-state index contributed by atoms with van der Waals surface area (Å²) in [5, 5.41) is 8.61. The van der Waals surface area contributed by atoms with E-state index < -0.39 is 30.0 Å². The molecule has 0 aliphatic heterocycles. The van der Waals surface area contributed by atoms with E-state index in [9.17, 15) is 35.9 Å². The number of pyridine rings is 1. The Hall–Kier alpha value is -3.25. The molecule has 2 heterocycles. The first kappa shape index (κ1) is 22.8. The van der Waals surface area contributed by atoms with Crippen LogP contribution in [-0.4, -0.2) is 40.3 Å². The fourth-order valence-electron chi connectivity index (χ4n) is 1.65. The monoisotopic (exact) mass is 412 g/mol. The summed E-state index contributed by atoms with van der Waals surface area (Å²) < 4.78 is 75.2. The Labute approximate surface area is 153 Å². The highest BCUT2D eigenvalue weighted by molar-refractivity contribution is 5.75. The minimum atomic E-state index is -4.85. The molecule has 0 aliphatic rings. The van der Waals surface area contributed by atoms with Crippen LogP contribution in [0.3, 0.4) is 0 Å². The molecule has 0 atom stereocenters. The molecule has 0 fully saturated rings. The molecule has 7 nitrogen and oxygen atoms in total. The third-order valence-electron chi connectivity index (χ3n) is 2.85. The highest BCUT2D eigenvalue weighted by atomic mass is 19.4. The van der Waals surface area contributed by atoms with Gasteiger partial charge >= 0.3 is 24.3 Å². The second-order valence-electron chi connectivity index (χ2n) is 4.93. The standard InChI is InChI=1S/C12H8F3N3O2.C3H3F3O2/c13-12(14,15)10-6-16-5-9(17-10)8-1-3-18(4-2-8)7-11(19)20;1-8-2(7)3(4,5)6/h1-6H,7H2;1H3/p+1. The molecule has 0 aromatic carbocycles. The summed E-state index contributed by atoms with van der Waals surface area (Å²) in [6.07, 6.45) is -4.64. The zero-order chi connectivity index (χ0) is 21.5. The number of ether oxygens (including phenoxy) is 1. The number of rotatable bonds is 3. The van der Waals surface area contributed by atoms with Gasteiger partial charge in [0.25, 0.3) is 0 Å². The molecule has 0 bridgehead atoms. The summed E-state index contributed by atoms with van der Waals surface area (Å²) in [5.74, 6) is -3.18. The molecular weight excluding hydrogens is 400 g/mol. The summed E-state index contributed by atoms with van der Waals surface area (Å²) in [5.41, 5.74) is -0.579. The van der Waals surface area contributed by atoms with Gasteiger partial charge in [0.05, 0.1) is 25.2 Å². The van der Waals surface area contributed by atoms with Crippen molar-refractivity contribution >= 4 is 11.9 Å². The van der Waals surface area contributed by atoms with Crippen LogP contribution in [0.2, 0.25) is 0 Å². The Morgan fingerprint density at radius 2 is 1.68 bits per heavy atom. The van der Waals surface area contributed by atoms with Crippen LogP contribution in [0.4, 0.5) is 26.3 Å². The summed E-state index contributed by atoms with van der Waals surface area (Å²) in [4.78, 5) is 27.0. The lowest BCUT2D eigenvalue weighted by molar-refractivity contribution is -0.685. The number of aromatic nitrogens is 3. The smallest absolute Gasteiger partial charge is 0.477 e. The number of hydrogen-bond acceptors (Lipinski definition) is 5. The fourth-order valence-corrected chi connectivity index (χ4v) is 1.65.